The van der Waals surface area contributed by atoms with Gasteiger partial charge in [0.15, 0.2) is 0 Å². The van der Waals surface area contributed by atoms with Crippen molar-refractivity contribution in [3.63, 3.8) is 0 Å². The van der Waals surface area contributed by atoms with Crippen LogP contribution in [0.25, 0.3) is 0 Å². The Morgan fingerprint density at radius 1 is 1.06 bits per heavy atom. The van der Waals surface area contributed by atoms with Crippen LogP contribution in [0.3, 0.4) is 0 Å². The highest BCUT2D eigenvalue weighted by molar-refractivity contribution is 7.16. The molecule has 0 saturated heterocycles. The van der Waals surface area contributed by atoms with E-state index in [4.69, 9.17) is 11.6 Å². The van der Waals surface area contributed by atoms with Crippen molar-refractivity contribution in [1.29, 1.82) is 0 Å². The fourth-order valence-corrected chi connectivity index (χ4v) is 4.21. The number of methoxy groups -OCH3 is 1. The summed E-state index contributed by atoms with van der Waals surface area (Å²) >= 11 is 6.16. The van der Waals surface area contributed by atoms with Gasteiger partial charge in [-0.05, 0) is 43.2 Å². The highest BCUT2D eigenvalue weighted by Crippen LogP contribution is 2.46. The van der Waals surface area contributed by atoms with Crippen LogP contribution < -0.4 is 10.6 Å². The molecular weight excluding hydrogens is 486 g/mol. The maximum absolute atomic E-state index is 14.0. The Hall–Kier alpha value is -2.47. The van der Waals surface area contributed by atoms with Crippen LogP contribution in [0.2, 0.25) is 5.02 Å². The minimum absolute atomic E-state index is 0.126. The summed E-state index contributed by atoms with van der Waals surface area (Å²) in [7, 11) is 0.946. The number of amides is 1. The van der Waals surface area contributed by atoms with Gasteiger partial charge in [0.1, 0.15) is 5.00 Å². The number of thiophene rings is 1. The van der Waals surface area contributed by atoms with Crippen molar-refractivity contribution < 1.29 is 40.7 Å². The molecule has 2 aromatic rings. The van der Waals surface area contributed by atoms with Gasteiger partial charge in [0.05, 0.1) is 12.7 Å². The first-order valence-corrected chi connectivity index (χ1v) is 10.1. The Kier molecular flexibility index (Phi) is 7.40. The lowest BCUT2D eigenvalue weighted by Crippen LogP contribution is -2.72. The predicted octanol–water partition coefficient (Wildman–Crippen LogP) is 5.72. The molecule has 2 N–H and O–H groups in total. The molecule has 2 rings (SSSR count). The van der Waals surface area contributed by atoms with Crippen molar-refractivity contribution in [2.75, 3.05) is 12.4 Å². The summed E-state index contributed by atoms with van der Waals surface area (Å²) in [5, 5.41) is 1.80. The summed E-state index contributed by atoms with van der Waals surface area (Å²) in [5.41, 5.74) is -5.62. The molecule has 1 amide bonds. The normalized spacial score (nSPS) is 12.4. The van der Waals surface area contributed by atoms with Crippen molar-refractivity contribution in [2.45, 2.75) is 38.3 Å². The predicted molar refractivity (Wildman–Crippen MR) is 107 cm³/mol. The molecule has 0 bridgehead atoms. The van der Waals surface area contributed by atoms with E-state index in [9.17, 15) is 35.9 Å². The van der Waals surface area contributed by atoms with E-state index in [0.717, 1.165) is 36.7 Å². The molecule has 0 aliphatic rings. The third-order valence-corrected chi connectivity index (χ3v) is 5.83. The fraction of sp³-hybridized carbons (Fsp3) is 0.368. The van der Waals surface area contributed by atoms with Gasteiger partial charge < -0.3 is 15.4 Å². The SMILES string of the molecule is CCc1c(C)sc(NC(NC(=O)c2ccc(Cl)cc2)(C(F)(F)F)C(F)(F)F)c1C(=O)OC. The van der Waals surface area contributed by atoms with Gasteiger partial charge in [0.2, 0.25) is 0 Å². The lowest BCUT2D eigenvalue weighted by molar-refractivity contribution is -0.293. The van der Waals surface area contributed by atoms with Gasteiger partial charge in [-0.2, -0.15) is 26.3 Å². The average molecular weight is 503 g/mol. The molecule has 13 heteroatoms. The van der Waals surface area contributed by atoms with Crippen molar-refractivity contribution in [1.82, 2.24) is 5.32 Å². The minimum atomic E-state index is -6.05. The Morgan fingerprint density at radius 2 is 1.59 bits per heavy atom. The van der Waals surface area contributed by atoms with E-state index in [2.05, 4.69) is 4.74 Å². The van der Waals surface area contributed by atoms with Gasteiger partial charge in [-0.25, -0.2) is 4.79 Å². The van der Waals surface area contributed by atoms with Crippen LogP contribution in [-0.4, -0.2) is 37.0 Å². The van der Waals surface area contributed by atoms with Crippen molar-refractivity contribution in [3.05, 3.63) is 50.9 Å². The molecule has 0 radical (unpaired) electrons. The highest BCUT2D eigenvalue weighted by Gasteiger charge is 2.73. The number of hydrogen-bond donors (Lipinski definition) is 2. The van der Waals surface area contributed by atoms with Crippen LogP contribution in [0.15, 0.2) is 24.3 Å². The van der Waals surface area contributed by atoms with E-state index >= 15 is 0 Å². The lowest BCUT2D eigenvalue weighted by atomic mass is 10.1. The highest BCUT2D eigenvalue weighted by atomic mass is 35.5. The molecule has 5 nitrogen and oxygen atoms in total. The zero-order chi connectivity index (χ0) is 24.5. The van der Waals surface area contributed by atoms with Crippen LogP contribution in [0, 0.1) is 6.92 Å². The molecule has 1 aromatic carbocycles. The number of aryl methyl sites for hydroxylation is 1. The number of halogens is 7. The molecule has 0 saturated carbocycles. The number of hydrogen-bond acceptors (Lipinski definition) is 5. The first kappa shape index (κ1) is 25.8. The molecule has 0 unspecified atom stereocenters. The lowest BCUT2D eigenvalue weighted by Gasteiger charge is -2.38. The monoisotopic (exact) mass is 502 g/mol. The molecule has 176 valence electrons. The molecule has 0 aliphatic carbocycles. The van der Waals surface area contributed by atoms with Crippen LogP contribution in [0.5, 0.6) is 0 Å². The summed E-state index contributed by atoms with van der Waals surface area (Å²) < 4.78 is 88.4. The summed E-state index contributed by atoms with van der Waals surface area (Å²) in [6.45, 7) is 3.02. The largest absolute Gasteiger partial charge is 0.465 e. The summed E-state index contributed by atoms with van der Waals surface area (Å²) in [6, 6.07) is 4.22. The van der Waals surface area contributed by atoms with E-state index < -0.39 is 46.0 Å². The van der Waals surface area contributed by atoms with Crippen molar-refractivity contribution in [3.8, 4) is 0 Å². The number of benzene rings is 1. The molecule has 0 fully saturated rings. The number of rotatable bonds is 6. The Bertz CT molecular complexity index is 988. The zero-order valence-corrected chi connectivity index (χ0v) is 18.4. The van der Waals surface area contributed by atoms with E-state index in [1.165, 1.54) is 12.2 Å². The summed E-state index contributed by atoms with van der Waals surface area (Å²) in [6.07, 6.45) is -12.0. The Labute approximate surface area is 187 Å². The number of esters is 1. The van der Waals surface area contributed by atoms with E-state index in [1.54, 1.807) is 6.92 Å². The Balaban J connectivity index is 2.67. The number of carbonyl (C=O) groups is 2. The molecule has 1 aromatic heterocycles. The van der Waals surface area contributed by atoms with E-state index in [1.807, 2.05) is 0 Å². The third kappa shape index (κ3) is 4.80. The second-order valence-corrected chi connectivity index (χ2v) is 8.18. The topological polar surface area (TPSA) is 67.4 Å². The van der Waals surface area contributed by atoms with Gasteiger partial charge in [0, 0.05) is 15.5 Å². The fourth-order valence-electron chi connectivity index (χ4n) is 2.90. The zero-order valence-electron chi connectivity index (χ0n) is 16.8. The van der Waals surface area contributed by atoms with Gasteiger partial charge in [-0.3, -0.25) is 4.79 Å². The average Bonchev–Trinajstić information content (AvgIpc) is 3.00. The number of ether oxygens (including phenoxy) is 1. The maximum atomic E-state index is 14.0. The third-order valence-electron chi connectivity index (χ3n) is 4.51. The number of carbonyl (C=O) groups excluding carboxylic acids is 2. The van der Waals surface area contributed by atoms with Crippen LogP contribution >= 0.6 is 22.9 Å². The van der Waals surface area contributed by atoms with Crippen molar-refractivity contribution >= 4 is 39.8 Å². The van der Waals surface area contributed by atoms with E-state index in [-0.39, 0.29) is 17.0 Å². The summed E-state index contributed by atoms with van der Waals surface area (Å²) in [4.78, 5) is 24.9. The van der Waals surface area contributed by atoms with E-state index in [0.29, 0.717) is 16.2 Å². The van der Waals surface area contributed by atoms with Crippen LogP contribution in [0.1, 0.15) is 38.1 Å². The first-order valence-electron chi connectivity index (χ1n) is 8.88. The maximum Gasteiger partial charge on any atom is 0.439 e. The number of nitrogens with one attached hydrogen (secondary N) is 2. The molecular formula is C19H17ClF6N2O3S. The first-order chi connectivity index (χ1) is 14.7. The molecule has 0 atom stereocenters. The number of alkyl halides is 6. The summed E-state index contributed by atoms with van der Waals surface area (Å²) in [5.74, 6) is -2.77. The smallest absolute Gasteiger partial charge is 0.439 e. The standard InChI is InChI=1S/C19H17ClF6N2O3S/c1-4-12-9(2)32-15(13(12)16(30)31-3)28-17(18(21,22)23,19(24,25)26)27-14(29)10-5-7-11(20)8-6-10/h5-8,28H,4H2,1-3H3,(H,27,29). The Morgan fingerprint density at radius 3 is 2.03 bits per heavy atom. The van der Waals surface area contributed by atoms with Gasteiger partial charge in [-0.1, -0.05) is 18.5 Å². The molecule has 1 heterocycles. The van der Waals surface area contributed by atoms with Gasteiger partial charge in [-0.15, -0.1) is 11.3 Å². The van der Waals surface area contributed by atoms with Crippen molar-refractivity contribution in [2.24, 2.45) is 0 Å². The quantitative estimate of drug-likeness (QED) is 0.301. The van der Waals surface area contributed by atoms with Crippen LogP contribution in [-0.2, 0) is 11.2 Å². The van der Waals surface area contributed by atoms with Gasteiger partial charge >= 0.3 is 24.0 Å². The molecule has 32 heavy (non-hydrogen) atoms. The van der Waals surface area contributed by atoms with Crippen LogP contribution in [0.4, 0.5) is 31.3 Å². The minimum Gasteiger partial charge on any atom is -0.465 e. The molecule has 0 spiro atoms. The second kappa shape index (κ2) is 9.18. The molecule has 0 aliphatic heterocycles. The number of anilines is 1. The van der Waals surface area contributed by atoms with Gasteiger partial charge in [0.25, 0.3) is 5.91 Å². The second-order valence-electron chi connectivity index (χ2n) is 6.52.